The second-order valence-electron chi connectivity index (χ2n) is 7.62. The highest BCUT2D eigenvalue weighted by Crippen LogP contribution is 2.50. The Labute approximate surface area is 154 Å². The molecule has 142 valence electrons. The Morgan fingerprint density at radius 1 is 1.19 bits per heavy atom. The van der Waals surface area contributed by atoms with Gasteiger partial charge in [-0.2, -0.15) is 0 Å². The molecule has 2 saturated heterocycles. The van der Waals surface area contributed by atoms with Crippen molar-refractivity contribution in [2.45, 2.75) is 31.5 Å². The third kappa shape index (κ3) is 2.90. The van der Waals surface area contributed by atoms with Gasteiger partial charge in [0.2, 0.25) is 0 Å². The molecule has 6 nitrogen and oxygen atoms in total. The fourth-order valence-corrected chi connectivity index (χ4v) is 4.74. The summed E-state index contributed by atoms with van der Waals surface area (Å²) in [6.45, 7) is 4.38. The number of para-hydroxylation sites is 1. The van der Waals surface area contributed by atoms with E-state index in [1.807, 2.05) is 29.2 Å². The van der Waals surface area contributed by atoms with Crippen molar-refractivity contribution in [3.8, 4) is 0 Å². The van der Waals surface area contributed by atoms with Crippen LogP contribution in [0.15, 0.2) is 24.3 Å². The van der Waals surface area contributed by atoms with Gasteiger partial charge < -0.3 is 24.4 Å². The summed E-state index contributed by atoms with van der Waals surface area (Å²) in [4.78, 5) is 17.4. The second kappa shape index (κ2) is 7.18. The summed E-state index contributed by atoms with van der Waals surface area (Å²) < 4.78 is 11.0. The zero-order valence-electron chi connectivity index (χ0n) is 15.4. The molecule has 1 N–H and O–H groups in total. The van der Waals surface area contributed by atoms with Crippen LogP contribution < -0.4 is 4.90 Å². The van der Waals surface area contributed by atoms with Crippen molar-refractivity contribution in [3.05, 3.63) is 29.8 Å². The number of rotatable bonds is 3. The van der Waals surface area contributed by atoms with Crippen LogP contribution in [0.2, 0.25) is 0 Å². The van der Waals surface area contributed by atoms with Crippen molar-refractivity contribution in [1.82, 2.24) is 4.90 Å². The summed E-state index contributed by atoms with van der Waals surface area (Å²) in [6, 6.07) is 7.87. The predicted molar refractivity (Wildman–Crippen MR) is 98.5 cm³/mol. The van der Waals surface area contributed by atoms with Gasteiger partial charge in [0.1, 0.15) is 0 Å². The normalized spacial score (nSPS) is 28.1. The molecule has 2 heterocycles. The van der Waals surface area contributed by atoms with Gasteiger partial charge in [-0.05, 0) is 25.0 Å². The van der Waals surface area contributed by atoms with Crippen molar-refractivity contribution in [1.29, 1.82) is 0 Å². The van der Waals surface area contributed by atoms with Gasteiger partial charge in [0.25, 0.3) is 5.91 Å². The average molecular weight is 360 g/mol. The highest BCUT2D eigenvalue weighted by atomic mass is 16.5. The third-order valence-corrected chi connectivity index (χ3v) is 6.49. The van der Waals surface area contributed by atoms with Gasteiger partial charge in [0.05, 0.1) is 31.0 Å². The average Bonchev–Trinajstić information content (AvgIpc) is 2.72. The number of benzene rings is 1. The summed E-state index contributed by atoms with van der Waals surface area (Å²) in [6.07, 6.45) is 2.14. The Morgan fingerprint density at radius 2 is 1.88 bits per heavy atom. The number of morpholine rings is 1. The molecular weight excluding hydrogens is 332 g/mol. The molecule has 0 radical (unpaired) electrons. The molecule has 1 aliphatic carbocycles. The number of anilines is 1. The fraction of sp³-hybridized carbons (Fsp3) is 0.650. The van der Waals surface area contributed by atoms with Gasteiger partial charge >= 0.3 is 0 Å². The van der Waals surface area contributed by atoms with Crippen LogP contribution in [0.4, 0.5) is 5.69 Å². The minimum absolute atomic E-state index is 0.0877. The van der Waals surface area contributed by atoms with E-state index in [0.29, 0.717) is 32.7 Å². The SMILES string of the molecule is CO[C@@H]1C[C@H](O)C12CCN(C(=O)c1ccccc1N1CCOCC1)CC2. The monoisotopic (exact) mass is 360 g/mol. The number of hydrogen-bond acceptors (Lipinski definition) is 5. The summed E-state index contributed by atoms with van der Waals surface area (Å²) in [7, 11) is 1.72. The van der Waals surface area contributed by atoms with Gasteiger partial charge in [-0.1, -0.05) is 12.1 Å². The number of aliphatic hydroxyl groups is 1. The molecule has 1 spiro atoms. The van der Waals surface area contributed by atoms with Crippen molar-refractivity contribution in [3.63, 3.8) is 0 Å². The minimum Gasteiger partial charge on any atom is -0.392 e. The van der Waals surface area contributed by atoms with Crippen LogP contribution in [-0.4, -0.2) is 74.6 Å². The minimum atomic E-state index is -0.301. The maximum atomic E-state index is 13.2. The number of carbonyl (C=O) groups is 1. The number of hydrogen-bond donors (Lipinski definition) is 1. The summed E-state index contributed by atoms with van der Waals surface area (Å²) in [5.41, 5.74) is 1.61. The number of carbonyl (C=O) groups excluding carboxylic acids is 1. The van der Waals surface area contributed by atoms with Crippen molar-refractivity contribution >= 4 is 11.6 Å². The van der Waals surface area contributed by atoms with E-state index in [0.717, 1.165) is 37.2 Å². The number of piperidine rings is 1. The molecule has 1 aromatic rings. The zero-order valence-corrected chi connectivity index (χ0v) is 15.4. The highest BCUT2D eigenvalue weighted by Gasteiger charge is 2.56. The molecule has 1 aromatic carbocycles. The first-order valence-electron chi connectivity index (χ1n) is 9.57. The lowest BCUT2D eigenvalue weighted by molar-refractivity contribution is -0.199. The van der Waals surface area contributed by atoms with Crippen molar-refractivity contribution < 1.29 is 19.4 Å². The summed E-state index contributed by atoms with van der Waals surface area (Å²) in [5.74, 6) is 0.0877. The van der Waals surface area contributed by atoms with E-state index in [4.69, 9.17) is 9.47 Å². The molecule has 2 aliphatic heterocycles. The predicted octanol–water partition coefficient (Wildman–Crippen LogP) is 1.53. The van der Waals surface area contributed by atoms with E-state index in [9.17, 15) is 9.90 Å². The summed E-state index contributed by atoms with van der Waals surface area (Å²) in [5, 5.41) is 10.3. The molecule has 6 heteroatoms. The van der Waals surface area contributed by atoms with Gasteiger partial charge in [-0.3, -0.25) is 4.79 Å². The molecule has 0 aromatic heterocycles. The maximum absolute atomic E-state index is 13.2. The largest absolute Gasteiger partial charge is 0.392 e. The topological polar surface area (TPSA) is 62.2 Å². The van der Waals surface area contributed by atoms with Crippen LogP contribution in [-0.2, 0) is 9.47 Å². The van der Waals surface area contributed by atoms with Gasteiger partial charge in [-0.25, -0.2) is 0 Å². The smallest absolute Gasteiger partial charge is 0.255 e. The zero-order chi connectivity index (χ0) is 18.1. The van der Waals surface area contributed by atoms with Crippen LogP contribution in [0.1, 0.15) is 29.6 Å². The number of nitrogens with zero attached hydrogens (tertiary/aromatic N) is 2. The van der Waals surface area contributed by atoms with Crippen LogP contribution in [0.3, 0.4) is 0 Å². The van der Waals surface area contributed by atoms with Crippen LogP contribution in [0.5, 0.6) is 0 Å². The quantitative estimate of drug-likeness (QED) is 0.886. The Hall–Kier alpha value is -1.63. The first-order chi connectivity index (χ1) is 12.7. The Bertz CT molecular complexity index is 651. The first-order valence-corrected chi connectivity index (χ1v) is 9.57. The number of likely N-dealkylation sites (tertiary alicyclic amines) is 1. The van der Waals surface area contributed by atoms with Gasteiger partial charge in [0.15, 0.2) is 0 Å². The highest BCUT2D eigenvalue weighted by molar-refractivity contribution is 6.00. The van der Waals surface area contributed by atoms with Crippen LogP contribution in [0, 0.1) is 5.41 Å². The molecule has 3 aliphatic rings. The Balaban J connectivity index is 1.48. The Kier molecular flexibility index (Phi) is 4.90. The van der Waals surface area contributed by atoms with Crippen molar-refractivity contribution in [2.24, 2.45) is 5.41 Å². The molecule has 4 rings (SSSR count). The third-order valence-electron chi connectivity index (χ3n) is 6.49. The van der Waals surface area contributed by atoms with E-state index >= 15 is 0 Å². The lowest BCUT2D eigenvalue weighted by Crippen LogP contribution is -2.62. The lowest BCUT2D eigenvalue weighted by atomic mass is 9.58. The van der Waals surface area contributed by atoms with Gasteiger partial charge in [0, 0.05) is 50.8 Å². The standard InChI is InChI=1S/C20H28N2O4/c1-25-18-14-17(23)20(18)6-8-22(9-7-20)19(24)15-4-2-3-5-16(15)21-10-12-26-13-11-21/h2-5,17-18,23H,6-14H2,1H3/t17-,18+/m0/s1. The molecule has 0 bridgehead atoms. The molecule has 3 fully saturated rings. The maximum Gasteiger partial charge on any atom is 0.255 e. The molecular formula is C20H28N2O4. The van der Waals surface area contributed by atoms with Gasteiger partial charge in [-0.15, -0.1) is 0 Å². The number of ether oxygens (including phenoxy) is 2. The molecule has 1 saturated carbocycles. The van der Waals surface area contributed by atoms with E-state index in [1.165, 1.54) is 0 Å². The lowest BCUT2D eigenvalue weighted by Gasteiger charge is -2.56. The fourth-order valence-electron chi connectivity index (χ4n) is 4.74. The number of methoxy groups -OCH3 is 1. The number of aliphatic hydroxyl groups excluding tert-OH is 1. The van der Waals surface area contributed by atoms with E-state index in [-0.39, 0.29) is 23.5 Å². The second-order valence-corrected chi connectivity index (χ2v) is 7.62. The van der Waals surface area contributed by atoms with Crippen LogP contribution in [0.25, 0.3) is 0 Å². The first kappa shape index (κ1) is 17.8. The van der Waals surface area contributed by atoms with E-state index < -0.39 is 0 Å². The van der Waals surface area contributed by atoms with Crippen molar-refractivity contribution in [2.75, 3.05) is 51.4 Å². The molecule has 2 atom stereocenters. The molecule has 26 heavy (non-hydrogen) atoms. The van der Waals surface area contributed by atoms with Crippen LogP contribution >= 0.6 is 0 Å². The Morgan fingerprint density at radius 3 is 2.54 bits per heavy atom. The number of amides is 1. The van der Waals surface area contributed by atoms with E-state index in [1.54, 1.807) is 7.11 Å². The summed E-state index contributed by atoms with van der Waals surface area (Å²) >= 11 is 0. The molecule has 1 amide bonds. The van der Waals surface area contributed by atoms with E-state index in [2.05, 4.69) is 4.90 Å². The molecule has 0 unspecified atom stereocenters.